The second-order valence-electron chi connectivity index (χ2n) is 4.60. The van der Waals surface area contributed by atoms with Crippen molar-refractivity contribution in [2.75, 3.05) is 33.1 Å². The van der Waals surface area contributed by atoms with Crippen LogP contribution in [0.3, 0.4) is 0 Å². The Labute approximate surface area is 126 Å². The standard InChI is InChI=1S/C14H24N2O4S/c1-5-16-21(17,18)9-8-15-11(2)13-10-12(19-3)6-7-14(13)20-4/h6-7,10-11,15-16H,5,8-9H2,1-4H3. The Bertz CT molecular complexity index is 546. The molecule has 1 aromatic carbocycles. The van der Waals surface area contributed by atoms with Crippen LogP contribution < -0.4 is 19.5 Å². The zero-order valence-electron chi connectivity index (χ0n) is 13.0. The van der Waals surface area contributed by atoms with Crippen molar-refractivity contribution in [3.05, 3.63) is 23.8 Å². The molecule has 0 fully saturated rings. The molecule has 0 aliphatic carbocycles. The van der Waals surface area contributed by atoms with Gasteiger partial charge in [0.25, 0.3) is 0 Å². The molecule has 1 unspecified atom stereocenters. The third-order valence-electron chi connectivity index (χ3n) is 3.09. The molecule has 1 aromatic rings. The van der Waals surface area contributed by atoms with Crippen LogP contribution in [0.5, 0.6) is 11.5 Å². The quantitative estimate of drug-likeness (QED) is 0.718. The molecule has 0 radical (unpaired) electrons. The topological polar surface area (TPSA) is 76.7 Å². The van der Waals surface area contributed by atoms with Crippen LogP contribution in [0.1, 0.15) is 25.5 Å². The fraction of sp³-hybridized carbons (Fsp3) is 0.571. The molecule has 7 heteroatoms. The first-order valence-corrected chi connectivity index (χ1v) is 8.51. The number of hydrogen-bond donors (Lipinski definition) is 2. The van der Waals surface area contributed by atoms with Gasteiger partial charge in [-0.1, -0.05) is 6.92 Å². The zero-order chi connectivity index (χ0) is 15.9. The van der Waals surface area contributed by atoms with Gasteiger partial charge in [0.05, 0.1) is 20.0 Å². The average Bonchev–Trinajstić information content (AvgIpc) is 2.46. The molecular formula is C14H24N2O4S. The van der Waals surface area contributed by atoms with E-state index in [1.54, 1.807) is 21.1 Å². The maximum absolute atomic E-state index is 11.6. The predicted octanol–water partition coefficient (Wildman–Crippen LogP) is 1.29. The van der Waals surface area contributed by atoms with Crippen molar-refractivity contribution in [2.45, 2.75) is 19.9 Å². The number of methoxy groups -OCH3 is 2. The van der Waals surface area contributed by atoms with E-state index >= 15 is 0 Å². The van der Waals surface area contributed by atoms with Gasteiger partial charge in [-0.3, -0.25) is 0 Å². The lowest BCUT2D eigenvalue weighted by atomic mass is 10.1. The van der Waals surface area contributed by atoms with Crippen molar-refractivity contribution in [2.24, 2.45) is 0 Å². The van der Waals surface area contributed by atoms with Gasteiger partial charge in [-0.05, 0) is 25.1 Å². The van der Waals surface area contributed by atoms with E-state index in [0.29, 0.717) is 13.1 Å². The van der Waals surface area contributed by atoms with Crippen molar-refractivity contribution < 1.29 is 17.9 Å². The van der Waals surface area contributed by atoms with Crippen LogP contribution >= 0.6 is 0 Å². The SMILES string of the molecule is CCNS(=O)(=O)CCNC(C)c1cc(OC)ccc1OC. The fourth-order valence-corrected chi connectivity index (χ4v) is 2.96. The highest BCUT2D eigenvalue weighted by Gasteiger charge is 2.14. The molecule has 0 amide bonds. The first-order chi connectivity index (χ1) is 9.93. The van der Waals surface area contributed by atoms with Crippen LogP contribution in [0, 0.1) is 0 Å². The number of benzene rings is 1. The predicted molar refractivity (Wildman–Crippen MR) is 83.4 cm³/mol. The molecule has 21 heavy (non-hydrogen) atoms. The highest BCUT2D eigenvalue weighted by atomic mass is 32.2. The van der Waals surface area contributed by atoms with Gasteiger partial charge >= 0.3 is 0 Å². The summed E-state index contributed by atoms with van der Waals surface area (Å²) in [5.41, 5.74) is 0.928. The fourth-order valence-electron chi connectivity index (χ4n) is 1.99. The van der Waals surface area contributed by atoms with Gasteiger partial charge in [0.2, 0.25) is 10.0 Å². The molecule has 1 rings (SSSR count). The van der Waals surface area contributed by atoms with Crippen molar-refractivity contribution >= 4 is 10.0 Å². The Balaban J connectivity index is 2.69. The molecule has 1 atom stereocenters. The molecule has 0 spiro atoms. The summed E-state index contributed by atoms with van der Waals surface area (Å²) in [4.78, 5) is 0. The molecular weight excluding hydrogens is 292 g/mol. The largest absolute Gasteiger partial charge is 0.497 e. The van der Waals surface area contributed by atoms with E-state index in [9.17, 15) is 8.42 Å². The van der Waals surface area contributed by atoms with Crippen LogP contribution in [0.2, 0.25) is 0 Å². The second-order valence-corrected chi connectivity index (χ2v) is 6.53. The van der Waals surface area contributed by atoms with Gasteiger partial charge < -0.3 is 14.8 Å². The van der Waals surface area contributed by atoms with E-state index in [-0.39, 0.29) is 11.8 Å². The summed E-state index contributed by atoms with van der Waals surface area (Å²) in [6.07, 6.45) is 0. The summed E-state index contributed by atoms with van der Waals surface area (Å²) >= 11 is 0. The third kappa shape index (κ3) is 5.53. The molecule has 120 valence electrons. The van der Waals surface area contributed by atoms with Gasteiger partial charge in [0.1, 0.15) is 11.5 Å². The summed E-state index contributed by atoms with van der Waals surface area (Å²) in [5.74, 6) is 1.52. The van der Waals surface area contributed by atoms with E-state index in [2.05, 4.69) is 10.0 Å². The molecule has 2 N–H and O–H groups in total. The number of ether oxygens (including phenoxy) is 2. The molecule has 0 saturated carbocycles. The maximum atomic E-state index is 11.6. The second kappa shape index (κ2) is 8.21. The Hall–Kier alpha value is -1.31. The number of hydrogen-bond acceptors (Lipinski definition) is 5. The zero-order valence-corrected chi connectivity index (χ0v) is 13.8. The smallest absolute Gasteiger partial charge is 0.212 e. The van der Waals surface area contributed by atoms with Crippen LogP contribution in [-0.4, -0.2) is 41.5 Å². The molecule has 0 heterocycles. The molecule has 0 aliphatic heterocycles. The minimum Gasteiger partial charge on any atom is -0.497 e. The minimum atomic E-state index is -3.21. The summed E-state index contributed by atoms with van der Waals surface area (Å²) in [6.45, 7) is 4.48. The number of nitrogens with one attached hydrogen (secondary N) is 2. The molecule has 0 aliphatic rings. The lowest BCUT2D eigenvalue weighted by Gasteiger charge is -2.18. The van der Waals surface area contributed by atoms with Crippen LogP contribution in [0.4, 0.5) is 0 Å². The van der Waals surface area contributed by atoms with E-state index in [4.69, 9.17) is 9.47 Å². The highest BCUT2D eigenvalue weighted by molar-refractivity contribution is 7.89. The van der Waals surface area contributed by atoms with Crippen LogP contribution in [-0.2, 0) is 10.0 Å². The number of rotatable bonds is 9. The monoisotopic (exact) mass is 316 g/mol. The minimum absolute atomic E-state index is 0.0392. The van der Waals surface area contributed by atoms with E-state index in [1.165, 1.54) is 0 Å². The van der Waals surface area contributed by atoms with Gasteiger partial charge in [-0.25, -0.2) is 13.1 Å². The Kier molecular flexibility index (Phi) is 6.94. The van der Waals surface area contributed by atoms with E-state index < -0.39 is 10.0 Å². The molecule has 0 aromatic heterocycles. The highest BCUT2D eigenvalue weighted by Crippen LogP contribution is 2.28. The van der Waals surface area contributed by atoms with Gasteiger partial charge in [0.15, 0.2) is 0 Å². The molecule has 0 saturated heterocycles. The first kappa shape index (κ1) is 17.7. The Morgan fingerprint density at radius 1 is 1.24 bits per heavy atom. The van der Waals surface area contributed by atoms with E-state index in [0.717, 1.165) is 17.1 Å². The summed E-state index contributed by atoms with van der Waals surface area (Å²) in [7, 11) is 0.00221. The lowest BCUT2D eigenvalue weighted by Crippen LogP contribution is -2.32. The Morgan fingerprint density at radius 3 is 2.52 bits per heavy atom. The lowest BCUT2D eigenvalue weighted by molar-refractivity contribution is 0.392. The number of sulfonamides is 1. The summed E-state index contributed by atoms with van der Waals surface area (Å²) in [6, 6.07) is 5.49. The van der Waals surface area contributed by atoms with Gasteiger partial charge in [0, 0.05) is 24.7 Å². The summed E-state index contributed by atoms with van der Waals surface area (Å²) < 4.78 is 36.1. The van der Waals surface area contributed by atoms with Crippen molar-refractivity contribution in [1.29, 1.82) is 0 Å². The molecule has 0 bridgehead atoms. The first-order valence-electron chi connectivity index (χ1n) is 6.86. The van der Waals surface area contributed by atoms with Gasteiger partial charge in [-0.2, -0.15) is 0 Å². The van der Waals surface area contributed by atoms with Crippen molar-refractivity contribution in [3.63, 3.8) is 0 Å². The van der Waals surface area contributed by atoms with Crippen LogP contribution in [0.15, 0.2) is 18.2 Å². The van der Waals surface area contributed by atoms with Crippen LogP contribution in [0.25, 0.3) is 0 Å². The van der Waals surface area contributed by atoms with Gasteiger partial charge in [-0.15, -0.1) is 0 Å². The van der Waals surface area contributed by atoms with E-state index in [1.807, 2.05) is 25.1 Å². The van der Waals surface area contributed by atoms with Crippen molar-refractivity contribution in [1.82, 2.24) is 10.0 Å². The Morgan fingerprint density at radius 2 is 1.95 bits per heavy atom. The third-order valence-corrected chi connectivity index (χ3v) is 4.56. The normalized spacial score (nSPS) is 13.0. The average molecular weight is 316 g/mol. The molecule has 6 nitrogen and oxygen atoms in total. The van der Waals surface area contributed by atoms with Crippen molar-refractivity contribution in [3.8, 4) is 11.5 Å². The maximum Gasteiger partial charge on any atom is 0.212 e. The summed E-state index contributed by atoms with van der Waals surface area (Å²) in [5, 5.41) is 3.18.